The van der Waals surface area contributed by atoms with Crippen LogP contribution in [0.25, 0.3) is 0 Å². The van der Waals surface area contributed by atoms with E-state index in [-0.39, 0.29) is 0 Å². The molecule has 1 aliphatic rings. The third-order valence-corrected chi connectivity index (χ3v) is 3.86. The second-order valence-corrected chi connectivity index (χ2v) is 4.63. The molecular weight excluding hydrogens is 178 g/mol. The molecule has 2 heterocycles. The lowest BCUT2D eigenvalue weighted by Gasteiger charge is -2.34. The van der Waals surface area contributed by atoms with Gasteiger partial charge in [0.15, 0.2) is 0 Å². The average molecular weight is 195 g/mol. The molecule has 1 aromatic heterocycles. The third-order valence-electron chi connectivity index (χ3n) is 2.89. The molecule has 0 aromatic carbocycles. The summed E-state index contributed by atoms with van der Waals surface area (Å²) in [6.45, 7) is 4.76. The van der Waals surface area contributed by atoms with Gasteiger partial charge in [-0.3, -0.25) is 4.90 Å². The second kappa shape index (κ2) is 4.25. The van der Waals surface area contributed by atoms with Gasteiger partial charge in [-0.15, -0.1) is 11.3 Å². The van der Waals surface area contributed by atoms with Crippen LogP contribution in [0.2, 0.25) is 0 Å². The van der Waals surface area contributed by atoms with Crippen molar-refractivity contribution in [3.8, 4) is 0 Å². The highest BCUT2D eigenvalue weighted by Crippen LogP contribution is 2.32. The smallest absolute Gasteiger partial charge is 0.0441 e. The molecule has 72 valence electrons. The van der Waals surface area contributed by atoms with Crippen molar-refractivity contribution >= 4 is 11.3 Å². The Morgan fingerprint density at radius 2 is 2.46 bits per heavy atom. The molecule has 0 aliphatic carbocycles. The van der Waals surface area contributed by atoms with Gasteiger partial charge in [-0.2, -0.15) is 0 Å². The van der Waals surface area contributed by atoms with E-state index in [0.717, 1.165) is 6.04 Å². The van der Waals surface area contributed by atoms with Crippen LogP contribution in [-0.2, 0) is 0 Å². The lowest BCUT2D eigenvalue weighted by Crippen LogP contribution is -2.32. The number of likely N-dealkylation sites (tertiary alicyclic amines) is 1. The maximum absolute atomic E-state index is 2.61. The number of rotatable bonds is 2. The third kappa shape index (κ3) is 1.94. The summed E-state index contributed by atoms with van der Waals surface area (Å²) in [6.07, 6.45) is 4.14. The second-order valence-electron chi connectivity index (χ2n) is 3.66. The summed E-state index contributed by atoms with van der Waals surface area (Å²) in [5, 5.41) is 2.19. The van der Waals surface area contributed by atoms with Gasteiger partial charge in [0.05, 0.1) is 0 Å². The van der Waals surface area contributed by atoms with Gasteiger partial charge in [0, 0.05) is 10.9 Å². The van der Waals surface area contributed by atoms with Gasteiger partial charge in [0.2, 0.25) is 0 Å². The molecule has 1 aromatic rings. The Morgan fingerprint density at radius 1 is 1.54 bits per heavy atom. The fourth-order valence-electron chi connectivity index (χ4n) is 2.17. The van der Waals surface area contributed by atoms with Crippen LogP contribution in [-0.4, -0.2) is 18.0 Å². The van der Waals surface area contributed by atoms with Crippen molar-refractivity contribution in [3.63, 3.8) is 0 Å². The minimum absolute atomic E-state index is 0.721. The molecule has 0 amide bonds. The fourth-order valence-corrected chi connectivity index (χ4v) is 3.07. The molecule has 0 bridgehead atoms. The van der Waals surface area contributed by atoms with Crippen LogP contribution in [0.1, 0.15) is 37.1 Å². The van der Waals surface area contributed by atoms with Gasteiger partial charge < -0.3 is 0 Å². The Labute approximate surface area is 84.4 Å². The first-order valence-corrected chi connectivity index (χ1v) is 6.07. The van der Waals surface area contributed by atoms with Crippen LogP contribution in [0.5, 0.6) is 0 Å². The van der Waals surface area contributed by atoms with Gasteiger partial charge in [-0.25, -0.2) is 0 Å². The number of hydrogen-bond acceptors (Lipinski definition) is 2. The number of thiophene rings is 1. The van der Waals surface area contributed by atoms with Crippen molar-refractivity contribution in [2.24, 2.45) is 0 Å². The monoisotopic (exact) mass is 195 g/mol. The molecule has 2 heteroatoms. The molecule has 0 spiro atoms. The predicted molar refractivity (Wildman–Crippen MR) is 58.2 cm³/mol. The minimum Gasteiger partial charge on any atom is -0.296 e. The SMILES string of the molecule is CCN1CCCC[C@H]1c1cccs1. The Hall–Kier alpha value is -0.340. The molecule has 1 aliphatic heterocycles. The van der Waals surface area contributed by atoms with Gasteiger partial charge in [-0.1, -0.05) is 19.4 Å². The van der Waals surface area contributed by atoms with Gasteiger partial charge in [0.1, 0.15) is 0 Å². The van der Waals surface area contributed by atoms with Gasteiger partial charge in [-0.05, 0) is 37.4 Å². The Kier molecular flexibility index (Phi) is 3.01. The zero-order valence-electron chi connectivity index (χ0n) is 8.20. The Morgan fingerprint density at radius 3 is 3.15 bits per heavy atom. The van der Waals surface area contributed by atoms with Crippen molar-refractivity contribution in [3.05, 3.63) is 22.4 Å². The van der Waals surface area contributed by atoms with Crippen molar-refractivity contribution < 1.29 is 0 Å². The summed E-state index contributed by atoms with van der Waals surface area (Å²) in [4.78, 5) is 4.16. The summed E-state index contributed by atoms with van der Waals surface area (Å²) >= 11 is 1.91. The molecule has 0 N–H and O–H groups in total. The zero-order chi connectivity index (χ0) is 9.10. The van der Waals surface area contributed by atoms with E-state index in [0.29, 0.717) is 0 Å². The van der Waals surface area contributed by atoms with Gasteiger partial charge >= 0.3 is 0 Å². The molecule has 1 fully saturated rings. The van der Waals surface area contributed by atoms with Crippen molar-refractivity contribution in [1.29, 1.82) is 0 Å². The van der Waals surface area contributed by atoms with Crippen LogP contribution in [0, 0.1) is 0 Å². The van der Waals surface area contributed by atoms with E-state index in [1.807, 2.05) is 11.3 Å². The largest absolute Gasteiger partial charge is 0.296 e. The standard InChI is InChI=1S/C11H17NS/c1-2-12-8-4-3-6-10(12)11-7-5-9-13-11/h5,7,9-10H,2-4,6,8H2,1H3/t10-/m0/s1. The van der Waals surface area contributed by atoms with Crippen LogP contribution in [0.4, 0.5) is 0 Å². The first-order chi connectivity index (χ1) is 6.42. The lowest BCUT2D eigenvalue weighted by atomic mass is 10.0. The van der Waals surface area contributed by atoms with Crippen LogP contribution < -0.4 is 0 Å². The van der Waals surface area contributed by atoms with E-state index in [9.17, 15) is 0 Å². The maximum atomic E-state index is 2.61. The topological polar surface area (TPSA) is 3.24 Å². The van der Waals surface area contributed by atoms with E-state index in [1.54, 1.807) is 4.88 Å². The summed E-state index contributed by atoms with van der Waals surface area (Å²) in [6, 6.07) is 5.17. The molecule has 0 saturated carbocycles. The summed E-state index contributed by atoms with van der Waals surface area (Å²) in [5.74, 6) is 0. The number of hydrogen-bond donors (Lipinski definition) is 0. The van der Waals surface area contributed by atoms with E-state index in [1.165, 1.54) is 32.4 Å². The summed E-state index contributed by atoms with van der Waals surface area (Å²) in [7, 11) is 0. The fraction of sp³-hybridized carbons (Fsp3) is 0.636. The quantitative estimate of drug-likeness (QED) is 0.700. The first kappa shape index (κ1) is 9.22. The van der Waals surface area contributed by atoms with Crippen molar-refractivity contribution in [1.82, 2.24) is 4.90 Å². The summed E-state index contributed by atoms with van der Waals surface area (Å²) in [5.41, 5.74) is 0. The molecular formula is C11H17NS. The lowest BCUT2D eigenvalue weighted by molar-refractivity contribution is 0.160. The molecule has 1 saturated heterocycles. The maximum Gasteiger partial charge on any atom is 0.0441 e. The Balaban J connectivity index is 2.11. The molecule has 0 radical (unpaired) electrons. The van der Waals surface area contributed by atoms with Crippen LogP contribution in [0.3, 0.4) is 0 Å². The average Bonchev–Trinajstić information content (AvgIpc) is 2.70. The summed E-state index contributed by atoms with van der Waals surface area (Å²) < 4.78 is 0. The van der Waals surface area contributed by atoms with Crippen LogP contribution in [0.15, 0.2) is 17.5 Å². The molecule has 1 atom stereocenters. The first-order valence-electron chi connectivity index (χ1n) is 5.19. The van der Waals surface area contributed by atoms with Crippen molar-refractivity contribution in [2.45, 2.75) is 32.2 Å². The highest BCUT2D eigenvalue weighted by Gasteiger charge is 2.22. The van der Waals surface area contributed by atoms with Crippen LogP contribution >= 0.6 is 11.3 Å². The van der Waals surface area contributed by atoms with Crippen molar-refractivity contribution in [2.75, 3.05) is 13.1 Å². The highest BCUT2D eigenvalue weighted by molar-refractivity contribution is 7.10. The molecule has 13 heavy (non-hydrogen) atoms. The Bertz CT molecular complexity index is 243. The molecule has 1 nitrogen and oxygen atoms in total. The molecule has 2 rings (SSSR count). The number of piperidine rings is 1. The van der Waals surface area contributed by atoms with E-state index >= 15 is 0 Å². The van der Waals surface area contributed by atoms with E-state index < -0.39 is 0 Å². The van der Waals surface area contributed by atoms with E-state index in [4.69, 9.17) is 0 Å². The zero-order valence-corrected chi connectivity index (χ0v) is 9.02. The highest BCUT2D eigenvalue weighted by atomic mass is 32.1. The normalized spacial score (nSPS) is 24.8. The minimum atomic E-state index is 0.721. The van der Waals surface area contributed by atoms with E-state index in [2.05, 4.69) is 29.3 Å². The van der Waals surface area contributed by atoms with Gasteiger partial charge in [0.25, 0.3) is 0 Å². The predicted octanol–water partition coefficient (Wildman–Crippen LogP) is 3.30. The molecule has 0 unspecified atom stereocenters. The number of nitrogens with zero attached hydrogens (tertiary/aromatic N) is 1.